The summed E-state index contributed by atoms with van der Waals surface area (Å²) >= 11 is 1.69. The lowest BCUT2D eigenvalue weighted by molar-refractivity contribution is 0.695. The maximum absolute atomic E-state index is 5.99. The average molecular weight is 264 g/mol. The van der Waals surface area contributed by atoms with Gasteiger partial charge in [-0.15, -0.1) is 11.3 Å². The van der Waals surface area contributed by atoms with Crippen molar-refractivity contribution in [2.75, 3.05) is 11.4 Å². The Morgan fingerprint density at radius 1 is 1.61 bits per heavy atom. The quantitative estimate of drug-likeness (QED) is 0.925. The Bertz CT molecular complexity index is 542. The number of fused-ring (bicyclic) bond motifs is 1. The molecule has 0 amide bonds. The highest BCUT2D eigenvalue weighted by atomic mass is 32.1. The van der Waals surface area contributed by atoms with Crippen molar-refractivity contribution >= 4 is 22.1 Å². The Balaban J connectivity index is 2.06. The summed E-state index contributed by atoms with van der Waals surface area (Å²) in [5.41, 5.74) is 7.26. The van der Waals surface area contributed by atoms with Gasteiger partial charge in [0, 0.05) is 36.6 Å². The third-order valence-electron chi connectivity index (χ3n) is 3.68. The molecule has 0 saturated carbocycles. The fraction of sp³-hybridized carbons (Fsp3) is 0.615. The summed E-state index contributed by atoms with van der Waals surface area (Å²) in [6.45, 7) is 5.47. The van der Waals surface area contributed by atoms with Crippen LogP contribution in [0.1, 0.15) is 32.4 Å². The minimum Gasteiger partial charge on any atom is -0.352 e. The van der Waals surface area contributed by atoms with E-state index in [1.807, 2.05) is 0 Å². The minimum absolute atomic E-state index is 0.168. The summed E-state index contributed by atoms with van der Waals surface area (Å²) in [5.74, 6) is 1.16. The molecule has 0 aromatic carbocycles. The van der Waals surface area contributed by atoms with Gasteiger partial charge in [0.15, 0.2) is 10.8 Å². The summed E-state index contributed by atoms with van der Waals surface area (Å²) in [5, 5.41) is 2.09. The molecular formula is C13H20N4S. The number of nitrogens with zero attached hydrogens (tertiary/aromatic N) is 3. The molecule has 1 aliphatic heterocycles. The zero-order chi connectivity index (χ0) is 12.7. The molecule has 3 rings (SSSR count). The van der Waals surface area contributed by atoms with Gasteiger partial charge in [0.05, 0.1) is 5.69 Å². The van der Waals surface area contributed by atoms with Crippen LogP contribution in [0.3, 0.4) is 0 Å². The summed E-state index contributed by atoms with van der Waals surface area (Å²) in [4.78, 5) is 8.34. The van der Waals surface area contributed by atoms with Gasteiger partial charge in [0.25, 0.3) is 0 Å². The van der Waals surface area contributed by atoms with E-state index in [2.05, 4.69) is 34.7 Å². The normalized spacial score (nSPS) is 21.9. The highest BCUT2D eigenvalue weighted by Crippen LogP contribution is 2.30. The van der Waals surface area contributed by atoms with E-state index in [1.54, 1.807) is 11.3 Å². The monoisotopic (exact) mass is 264 g/mol. The van der Waals surface area contributed by atoms with E-state index < -0.39 is 0 Å². The number of rotatable bonds is 3. The van der Waals surface area contributed by atoms with E-state index in [4.69, 9.17) is 10.7 Å². The third kappa shape index (κ3) is 1.91. The zero-order valence-corrected chi connectivity index (χ0v) is 11.8. The molecule has 0 bridgehead atoms. The van der Waals surface area contributed by atoms with Gasteiger partial charge < -0.3 is 10.6 Å². The van der Waals surface area contributed by atoms with Crippen LogP contribution in [0.5, 0.6) is 0 Å². The number of hydrogen-bond acceptors (Lipinski definition) is 4. The first-order chi connectivity index (χ1) is 8.66. The van der Waals surface area contributed by atoms with E-state index in [0.717, 1.165) is 23.7 Å². The fourth-order valence-electron chi connectivity index (χ4n) is 2.79. The van der Waals surface area contributed by atoms with Crippen molar-refractivity contribution in [1.29, 1.82) is 0 Å². The standard InChI is InChI=1S/C13H20N4S/c1-9(14)8-11-12(16-5-3-4-10(16)2)15-13-17(11)6-7-18-13/h6-7,9-10H,3-5,8,14H2,1-2H3. The van der Waals surface area contributed by atoms with E-state index in [0.29, 0.717) is 6.04 Å². The average Bonchev–Trinajstić information content (AvgIpc) is 2.95. The van der Waals surface area contributed by atoms with Gasteiger partial charge in [0.2, 0.25) is 0 Å². The first-order valence-corrected chi connectivity index (χ1v) is 7.51. The first-order valence-electron chi connectivity index (χ1n) is 6.63. The molecule has 4 nitrogen and oxygen atoms in total. The van der Waals surface area contributed by atoms with Crippen molar-refractivity contribution in [1.82, 2.24) is 9.38 Å². The van der Waals surface area contributed by atoms with Crippen molar-refractivity contribution in [3.63, 3.8) is 0 Å². The molecule has 2 atom stereocenters. The lowest BCUT2D eigenvalue weighted by atomic mass is 10.2. The van der Waals surface area contributed by atoms with Crippen molar-refractivity contribution in [2.45, 2.75) is 45.2 Å². The van der Waals surface area contributed by atoms with Gasteiger partial charge in [-0.2, -0.15) is 0 Å². The van der Waals surface area contributed by atoms with E-state index in [1.165, 1.54) is 18.5 Å². The Labute approximate surface area is 111 Å². The number of anilines is 1. The van der Waals surface area contributed by atoms with Crippen LogP contribution in [0, 0.1) is 0 Å². The second-order valence-corrected chi connectivity index (χ2v) is 6.18. The van der Waals surface area contributed by atoms with Crippen LogP contribution in [0.25, 0.3) is 4.96 Å². The molecule has 2 aromatic heterocycles. The number of thiazole rings is 1. The molecule has 1 aliphatic rings. The van der Waals surface area contributed by atoms with Gasteiger partial charge in [-0.05, 0) is 26.7 Å². The highest BCUT2D eigenvalue weighted by Gasteiger charge is 2.26. The van der Waals surface area contributed by atoms with Crippen molar-refractivity contribution < 1.29 is 0 Å². The maximum Gasteiger partial charge on any atom is 0.195 e. The Morgan fingerprint density at radius 3 is 3.11 bits per heavy atom. The molecule has 1 fully saturated rings. The van der Waals surface area contributed by atoms with Gasteiger partial charge in [0.1, 0.15) is 0 Å². The number of hydrogen-bond donors (Lipinski definition) is 1. The summed E-state index contributed by atoms with van der Waals surface area (Å²) in [7, 11) is 0. The van der Waals surface area contributed by atoms with Gasteiger partial charge >= 0.3 is 0 Å². The fourth-order valence-corrected chi connectivity index (χ4v) is 3.52. The molecule has 3 heterocycles. The lowest BCUT2D eigenvalue weighted by Crippen LogP contribution is -2.29. The van der Waals surface area contributed by atoms with Crippen LogP contribution in [-0.4, -0.2) is 28.0 Å². The lowest BCUT2D eigenvalue weighted by Gasteiger charge is -2.23. The number of imidazole rings is 1. The summed E-state index contributed by atoms with van der Waals surface area (Å²) < 4.78 is 2.20. The molecular weight excluding hydrogens is 244 g/mol. The van der Waals surface area contributed by atoms with Crippen LogP contribution < -0.4 is 10.6 Å². The molecule has 5 heteroatoms. The van der Waals surface area contributed by atoms with E-state index in [-0.39, 0.29) is 6.04 Å². The molecule has 0 spiro atoms. The second kappa shape index (κ2) is 4.55. The number of aromatic nitrogens is 2. The third-order valence-corrected chi connectivity index (χ3v) is 4.44. The molecule has 0 radical (unpaired) electrons. The Kier molecular flexibility index (Phi) is 3.03. The number of nitrogens with two attached hydrogens (primary N) is 1. The second-order valence-electron chi connectivity index (χ2n) is 5.30. The van der Waals surface area contributed by atoms with Crippen molar-refractivity contribution in [2.24, 2.45) is 5.73 Å². The zero-order valence-electron chi connectivity index (χ0n) is 11.0. The van der Waals surface area contributed by atoms with Crippen LogP contribution in [0.2, 0.25) is 0 Å². The SMILES string of the molecule is CC(N)Cc1c(N2CCCC2C)nc2sccn12. The van der Waals surface area contributed by atoms with E-state index >= 15 is 0 Å². The molecule has 18 heavy (non-hydrogen) atoms. The first kappa shape index (κ1) is 12.0. The Hall–Kier alpha value is -1.07. The smallest absolute Gasteiger partial charge is 0.195 e. The van der Waals surface area contributed by atoms with Gasteiger partial charge in [-0.25, -0.2) is 4.98 Å². The van der Waals surface area contributed by atoms with Crippen LogP contribution in [0.4, 0.5) is 5.82 Å². The van der Waals surface area contributed by atoms with Gasteiger partial charge in [-0.3, -0.25) is 4.40 Å². The van der Waals surface area contributed by atoms with E-state index in [9.17, 15) is 0 Å². The molecule has 1 saturated heterocycles. The highest BCUT2D eigenvalue weighted by molar-refractivity contribution is 7.15. The van der Waals surface area contributed by atoms with Crippen LogP contribution in [0.15, 0.2) is 11.6 Å². The van der Waals surface area contributed by atoms with Crippen molar-refractivity contribution in [3.05, 3.63) is 17.3 Å². The van der Waals surface area contributed by atoms with Crippen molar-refractivity contribution in [3.8, 4) is 0 Å². The van der Waals surface area contributed by atoms with Crippen LogP contribution >= 0.6 is 11.3 Å². The molecule has 2 unspecified atom stereocenters. The Morgan fingerprint density at radius 2 is 2.44 bits per heavy atom. The summed E-state index contributed by atoms with van der Waals surface area (Å²) in [6, 6.07) is 0.767. The maximum atomic E-state index is 5.99. The molecule has 0 aliphatic carbocycles. The largest absolute Gasteiger partial charge is 0.352 e. The molecule has 98 valence electrons. The van der Waals surface area contributed by atoms with Gasteiger partial charge in [-0.1, -0.05) is 0 Å². The molecule has 2 aromatic rings. The predicted molar refractivity (Wildman–Crippen MR) is 76.5 cm³/mol. The molecule has 2 N–H and O–H groups in total. The topological polar surface area (TPSA) is 46.6 Å². The predicted octanol–water partition coefficient (Wildman–Crippen LogP) is 2.27. The minimum atomic E-state index is 0.168. The summed E-state index contributed by atoms with van der Waals surface area (Å²) in [6.07, 6.45) is 5.53. The van der Waals surface area contributed by atoms with Crippen LogP contribution in [-0.2, 0) is 6.42 Å².